The molecule has 5 heteroatoms. The average molecular weight is 425 g/mol. The largest absolute Gasteiger partial charge is 0.478 e. The van der Waals surface area contributed by atoms with E-state index >= 15 is 0 Å². The van der Waals surface area contributed by atoms with E-state index in [1.807, 2.05) is 36.4 Å². The minimum atomic E-state index is -1.27. The molecule has 125 valence electrons. The van der Waals surface area contributed by atoms with E-state index in [9.17, 15) is 4.79 Å². The number of halogens is 1. The molecule has 0 saturated heterocycles. The van der Waals surface area contributed by atoms with Gasteiger partial charge in [-0.15, -0.1) is 0 Å². The van der Waals surface area contributed by atoms with E-state index in [2.05, 4.69) is 6.58 Å². The zero-order valence-electron chi connectivity index (χ0n) is 12.8. The summed E-state index contributed by atoms with van der Waals surface area (Å²) in [6, 6.07) is 14.6. The van der Waals surface area contributed by atoms with Gasteiger partial charge in [0.05, 0.1) is 0 Å². The number of carboxylic acids is 1. The molecule has 1 N–H and O–H groups in total. The second-order valence-corrected chi connectivity index (χ2v) is 5.86. The molecule has 0 atom stereocenters. The fourth-order valence-corrected chi connectivity index (χ4v) is 2.01. The summed E-state index contributed by atoms with van der Waals surface area (Å²) >= 11 is 5.88. The van der Waals surface area contributed by atoms with E-state index < -0.39 is 11.6 Å². The van der Waals surface area contributed by atoms with E-state index in [0.717, 1.165) is 16.7 Å². The van der Waals surface area contributed by atoms with Crippen LogP contribution < -0.4 is 4.74 Å². The van der Waals surface area contributed by atoms with Crippen LogP contribution in [-0.4, -0.2) is 16.7 Å². The Morgan fingerprint density at radius 1 is 1.04 bits per heavy atom. The van der Waals surface area contributed by atoms with E-state index in [1.165, 1.54) is 13.8 Å². The van der Waals surface area contributed by atoms with Crippen molar-refractivity contribution < 1.29 is 37.0 Å². The van der Waals surface area contributed by atoms with Gasteiger partial charge in [0, 0.05) is 27.4 Å². The first-order valence-corrected chi connectivity index (χ1v) is 7.15. The molecular weight excluding hydrogens is 408 g/mol. The molecule has 2 aromatic carbocycles. The van der Waals surface area contributed by atoms with Crippen LogP contribution in [0, 0.1) is 0 Å². The molecule has 23 heavy (non-hydrogen) atoms. The molecule has 2 aromatic rings. The molecular formula is C18H17AgClO3. The van der Waals surface area contributed by atoms with Crippen LogP contribution in [0.25, 0.3) is 5.57 Å². The topological polar surface area (TPSA) is 46.5 Å². The van der Waals surface area contributed by atoms with Crippen LogP contribution in [0.1, 0.15) is 25.0 Å². The molecule has 0 aliphatic heterocycles. The van der Waals surface area contributed by atoms with E-state index in [4.69, 9.17) is 21.4 Å². The summed E-state index contributed by atoms with van der Waals surface area (Å²) in [5.41, 5.74) is 1.50. The van der Waals surface area contributed by atoms with Crippen molar-refractivity contribution in [3.8, 4) is 5.75 Å². The standard InChI is InChI=1S/C18H17ClO3.Ag/c1-12(13-4-8-15(19)9-5-13)14-6-10-16(11-7-14)22-18(2,3)17(20)21;/h4-11H,1H2,2-3H3,(H,20,21);. The molecule has 3 nitrogen and oxygen atoms in total. The van der Waals surface area contributed by atoms with Gasteiger partial charge in [-0.3, -0.25) is 0 Å². The number of hydrogen-bond donors (Lipinski definition) is 1. The molecule has 0 aromatic heterocycles. The van der Waals surface area contributed by atoms with Gasteiger partial charge in [-0.25, -0.2) is 4.79 Å². The van der Waals surface area contributed by atoms with Gasteiger partial charge in [-0.05, 0) is 54.8 Å². The zero-order valence-corrected chi connectivity index (χ0v) is 15.0. The van der Waals surface area contributed by atoms with Crippen LogP contribution in [0.5, 0.6) is 5.75 Å². The third-order valence-corrected chi connectivity index (χ3v) is 3.54. The number of aliphatic carboxylic acids is 1. The predicted molar refractivity (Wildman–Crippen MR) is 88.4 cm³/mol. The monoisotopic (exact) mass is 423 g/mol. The number of ether oxygens (including phenoxy) is 1. The smallest absolute Gasteiger partial charge is 0.347 e. The Balaban J connectivity index is 0.00000264. The number of benzene rings is 2. The Kier molecular flexibility index (Phi) is 6.66. The summed E-state index contributed by atoms with van der Waals surface area (Å²) in [6.45, 7) is 7.10. The van der Waals surface area contributed by atoms with E-state index in [-0.39, 0.29) is 22.4 Å². The van der Waals surface area contributed by atoms with Crippen molar-refractivity contribution in [2.24, 2.45) is 0 Å². The first kappa shape index (κ1) is 19.5. The van der Waals surface area contributed by atoms with Crippen LogP contribution in [-0.2, 0) is 27.2 Å². The van der Waals surface area contributed by atoms with Crippen LogP contribution >= 0.6 is 11.6 Å². The molecule has 0 heterocycles. The summed E-state index contributed by atoms with van der Waals surface area (Å²) in [5, 5.41) is 9.74. The summed E-state index contributed by atoms with van der Waals surface area (Å²) in [6.07, 6.45) is 0. The Morgan fingerprint density at radius 3 is 1.91 bits per heavy atom. The minimum absolute atomic E-state index is 0. The molecule has 0 spiro atoms. The van der Waals surface area contributed by atoms with Gasteiger partial charge in [-0.1, -0.05) is 42.4 Å². The predicted octanol–water partition coefficient (Wildman–Crippen LogP) is 4.64. The van der Waals surface area contributed by atoms with E-state index in [1.54, 1.807) is 12.1 Å². The SMILES string of the molecule is C=C(c1ccc(Cl)cc1)c1ccc(OC(C)(C)C(=O)O)cc1.[Ag]. The third kappa shape index (κ3) is 4.98. The van der Waals surface area contributed by atoms with Gasteiger partial charge in [0.15, 0.2) is 5.60 Å². The molecule has 2 rings (SSSR count). The third-order valence-electron chi connectivity index (χ3n) is 3.28. The molecule has 0 aliphatic rings. The molecule has 0 bridgehead atoms. The minimum Gasteiger partial charge on any atom is -0.478 e. The van der Waals surface area contributed by atoms with Crippen molar-refractivity contribution in [1.82, 2.24) is 0 Å². The second kappa shape index (κ2) is 7.84. The maximum absolute atomic E-state index is 11.1. The van der Waals surface area contributed by atoms with Crippen molar-refractivity contribution in [3.63, 3.8) is 0 Å². The van der Waals surface area contributed by atoms with Gasteiger partial charge in [0.2, 0.25) is 0 Å². The van der Waals surface area contributed by atoms with Crippen LogP contribution in [0.3, 0.4) is 0 Å². The fourth-order valence-electron chi connectivity index (χ4n) is 1.88. The number of rotatable bonds is 5. The Bertz CT molecular complexity index is 691. The number of carbonyl (C=O) groups is 1. The molecule has 0 unspecified atom stereocenters. The normalized spacial score (nSPS) is 10.6. The van der Waals surface area contributed by atoms with E-state index in [0.29, 0.717) is 10.8 Å². The summed E-state index contributed by atoms with van der Waals surface area (Å²) in [5.74, 6) is -0.512. The van der Waals surface area contributed by atoms with Crippen LogP contribution in [0.15, 0.2) is 55.1 Å². The first-order chi connectivity index (χ1) is 10.3. The van der Waals surface area contributed by atoms with Crippen molar-refractivity contribution in [2.75, 3.05) is 0 Å². The molecule has 1 radical (unpaired) electrons. The Labute approximate surface area is 156 Å². The van der Waals surface area contributed by atoms with Gasteiger partial charge in [-0.2, -0.15) is 0 Å². The average Bonchev–Trinajstić information content (AvgIpc) is 2.47. The second-order valence-electron chi connectivity index (χ2n) is 5.43. The number of carboxylic acid groups (broad SMARTS) is 1. The Morgan fingerprint density at radius 2 is 1.48 bits per heavy atom. The quantitative estimate of drug-likeness (QED) is 0.711. The molecule has 0 amide bonds. The van der Waals surface area contributed by atoms with Gasteiger partial charge < -0.3 is 9.84 Å². The van der Waals surface area contributed by atoms with Crippen LogP contribution in [0.2, 0.25) is 5.02 Å². The number of hydrogen-bond acceptors (Lipinski definition) is 2. The molecule has 0 saturated carbocycles. The summed E-state index contributed by atoms with van der Waals surface area (Å²) < 4.78 is 5.47. The fraction of sp³-hybridized carbons (Fsp3) is 0.167. The van der Waals surface area contributed by atoms with Crippen molar-refractivity contribution in [3.05, 3.63) is 71.3 Å². The van der Waals surface area contributed by atoms with Crippen molar-refractivity contribution in [1.29, 1.82) is 0 Å². The summed E-state index contributed by atoms with van der Waals surface area (Å²) in [7, 11) is 0. The summed E-state index contributed by atoms with van der Waals surface area (Å²) in [4.78, 5) is 11.1. The zero-order chi connectivity index (χ0) is 16.3. The van der Waals surface area contributed by atoms with Crippen molar-refractivity contribution in [2.45, 2.75) is 19.4 Å². The molecule has 0 fully saturated rings. The van der Waals surface area contributed by atoms with Gasteiger partial charge in [0.1, 0.15) is 5.75 Å². The van der Waals surface area contributed by atoms with Gasteiger partial charge in [0.25, 0.3) is 0 Å². The van der Waals surface area contributed by atoms with Gasteiger partial charge >= 0.3 is 5.97 Å². The Hall–Kier alpha value is -1.52. The van der Waals surface area contributed by atoms with Crippen LogP contribution in [0.4, 0.5) is 0 Å². The first-order valence-electron chi connectivity index (χ1n) is 6.77. The maximum Gasteiger partial charge on any atom is 0.347 e. The van der Waals surface area contributed by atoms with Crippen molar-refractivity contribution >= 4 is 23.1 Å². The maximum atomic E-state index is 11.1. The molecule has 0 aliphatic carbocycles.